The molecule has 5 nitrogen and oxygen atoms in total. The average Bonchev–Trinajstić information content (AvgIpc) is 2.76. The highest BCUT2D eigenvalue weighted by molar-refractivity contribution is 8.06. The number of carbonyl (C=O) groups is 1. The molecule has 0 heterocycles. The molecule has 33 heavy (non-hydrogen) atoms. The summed E-state index contributed by atoms with van der Waals surface area (Å²) in [5.41, 5.74) is 2.33. The second kappa shape index (κ2) is 15.6. The molecule has 0 aliphatic carbocycles. The van der Waals surface area contributed by atoms with Crippen molar-refractivity contribution in [3.8, 4) is 0 Å². The van der Waals surface area contributed by atoms with Crippen LogP contribution >= 0.6 is 12.6 Å². The third-order valence-electron chi connectivity index (χ3n) is 5.86. The summed E-state index contributed by atoms with van der Waals surface area (Å²) in [6.45, 7) is 10.5. The molecule has 0 aliphatic rings. The molecule has 0 aromatic heterocycles. The summed E-state index contributed by atoms with van der Waals surface area (Å²) in [6, 6.07) is 5.75. The van der Waals surface area contributed by atoms with Crippen LogP contribution in [0.3, 0.4) is 0 Å². The molecular formula is C26H45NO4S2. The zero-order valence-electron chi connectivity index (χ0n) is 21.2. The number of carbonyl (C=O) groups excluding carboxylic acids is 1. The van der Waals surface area contributed by atoms with Gasteiger partial charge >= 0.3 is 5.97 Å². The number of thiol groups is 1. The van der Waals surface area contributed by atoms with Crippen LogP contribution in [0.25, 0.3) is 0 Å². The van der Waals surface area contributed by atoms with Gasteiger partial charge in [0.1, 0.15) is 0 Å². The molecule has 0 saturated heterocycles. The van der Waals surface area contributed by atoms with Crippen LogP contribution in [0, 0.1) is 0 Å². The van der Waals surface area contributed by atoms with Gasteiger partial charge in [-0.15, -0.1) is 12.6 Å². The predicted molar refractivity (Wildman–Crippen MR) is 143 cm³/mol. The Kier molecular flexibility index (Phi) is 14.1. The summed E-state index contributed by atoms with van der Waals surface area (Å²) >= 11 is 4.09. The maximum atomic E-state index is 12.9. The minimum Gasteiger partial charge on any atom is -0.464 e. The molecule has 1 aromatic rings. The van der Waals surface area contributed by atoms with E-state index in [2.05, 4.69) is 24.3 Å². The molecule has 0 radical (unpaired) electrons. The number of para-hydroxylation sites is 1. The van der Waals surface area contributed by atoms with E-state index in [9.17, 15) is 13.2 Å². The van der Waals surface area contributed by atoms with Crippen LogP contribution in [0.5, 0.6) is 0 Å². The topological polar surface area (TPSA) is 72.5 Å². The van der Waals surface area contributed by atoms with E-state index in [1.807, 2.05) is 45.9 Å². The fourth-order valence-corrected chi connectivity index (χ4v) is 5.01. The van der Waals surface area contributed by atoms with Crippen LogP contribution in [-0.4, -0.2) is 25.6 Å². The van der Waals surface area contributed by atoms with Gasteiger partial charge in [0.25, 0.3) is 10.0 Å². The van der Waals surface area contributed by atoms with Gasteiger partial charge in [-0.25, -0.2) is 13.2 Å². The van der Waals surface area contributed by atoms with Crippen LogP contribution in [0.2, 0.25) is 0 Å². The highest BCUT2D eigenvalue weighted by Crippen LogP contribution is 2.33. The second-order valence-electron chi connectivity index (χ2n) is 9.47. The van der Waals surface area contributed by atoms with Crippen molar-refractivity contribution in [3.63, 3.8) is 0 Å². The van der Waals surface area contributed by atoms with Gasteiger partial charge < -0.3 is 4.74 Å². The van der Waals surface area contributed by atoms with E-state index in [0.717, 1.165) is 30.4 Å². The average molecular weight is 500 g/mol. The molecule has 0 fully saturated rings. The molecule has 0 bridgehead atoms. The second-order valence-corrected chi connectivity index (χ2v) is 12.1. The molecule has 1 unspecified atom stereocenters. The summed E-state index contributed by atoms with van der Waals surface area (Å²) in [7, 11) is -4.05. The summed E-state index contributed by atoms with van der Waals surface area (Å²) in [5, 5.41) is 0. The lowest BCUT2D eigenvalue weighted by Gasteiger charge is -2.22. The minimum atomic E-state index is -4.05. The summed E-state index contributed by atoms with van der Waals surface area (Å²) in [6.07, 6.45) is 11.8. The first-order valence-electron chi connectivity index (χ1n) is 12.6. The third-order valence-corrected chi connectivity index (χ3v) is 8.17. The number of ether oxygens (including phenoxy) is 1. The van der Waals surface area contributed by atoms with Crippen LogP contribution in [0.4, 0.5) is 5.69 Å². The van der Waals surface area contributed by atoms with Crippen molar-refractivity contribution in [3.05, 3.63) is 29.3 Å². The van der Waals surface area contributed by atoms with E-state index < -0.39 is 20.6 Å². The quantitative estimate of drug-likeness (QED) is 0.133. The number of unbranched alkanes of at least 4 members (excludes halogenated alkanes) is 9. The number of benzene rings is 1. The fourth-order valence-electron chi connectivity index (χ4n) is 3.83. The van der Waals surface area contributed by atoms with E-state index in [1.54, 1.807) is 0 Å². The van der Waals surface area contributed by atoms with Gasteiger partial charge in [0, 0.05) is 0 Å². The molecule has 0 saturated carbocycles. The highest BCUT2D eigenvalue weighted by Gasteiger charge is 2.32. The lowest BCUT2D eigenvalue weighted by atomic mass is 9.93. The fraction of sp³-hybridized carbons (Fsp3) is 0.731. The Hall–Kier alpha value is -1.21. The SMILES string of the molecule is CCCCCCCCCCCCOC(=O)C(S)S(=O)(=O)Nc1c(C(C)C)cccc1C(C)C. The Balaban J connectivity index is 2.51. The molecule has 0 aliphatic heterocycles. The van der Waals surface area contributed by atoms with Gasteiger partial charge in [0.05, 0.1) is 12.3 Å². The zero-order valence-corrected chi connectivity index (χ0v) is 22.9. The van der Waals surface area contributed by atoms with E-state index in [-0.39, 0.29) is 18.4 Å². The number of rotatable bonds is 17. The predicted octanol–water partition coefficient (Wildman–Crippen LogP) is 7.40. The van der Waals surface area contributed by atoms with Crippen LogP contribution < -0.4 is 4.72 Å². The molecule has 1 N–H and O–H groups in total. The van der Waals surface area contributed by atoms with Crippen molar-refractivity contribution in [2.24, 2.45) is 0 Å². The largest absolute Gasteiger partial charge is 0.464 e. The summed E-state index contributed by atoms with van der Waals surface area (Å²) < 4.78 is 32.1. The molecule has 1 aromatic carbocycles. The van der Waals surface area contributed by atoms with Gasteiger partial charge in [0.2, 0.25) is 4.58 Å². The van der Waals surface area contributed by atoms with Crippen molar-refractivity contribution in [2.75, 3.05) is 11.3 Å². The monoisotopic (exact) mass is 499 g/mol. The Morgan fingerprint density at radius 2 is 1.33 bits per heavy atom. The van der Waals surface area contributed by atoms with Crippen molar-refractivity contribution in [2.45, 2.75) is 115 Å². The molecule has 7 heteroatoms. The van der Waals surface area contributed by atoms with Crippen LogP contribution in [0.1, 0.15) is 122 Å². The van der Waals surface area contributed by atoms with E-state index in [0.29, 0.717) is 5.69 Å². The number of hydrogen-bond donors (Lipinski definition) is 2. The van der Waals surface area contributed by atoms with Gasteiger partial charge in [-0.1, -0.05) is 111 Å². The Morgan fingerprint density at radius 1 is 0.879 bits per heavy atom. The van der Waals surface area contributed by atoms with E-state index >= 15 is 0 Å². The Labute approximate surface area is 207 Å². The summed E-state index contributed by atoms with van der Waals surface area (Å²) in [5.74, 6) is -0.569. The molecule has 0 spiro atoms. The molecule has 1 rings (SSSR count). The molecule has 0 amide bonds. The van der Waals surface area contributed by atoms with Gasteiger partial charge in [-0.05, 0) is 29.4 Å². The Morgan fingerprint density at radius 3 is 1.79 bits per heavy atom. The Bertz CT molecular complexity index is 780. The molecule has 1 atom stereocenters. The maximum Gasteiger partial charge on any atom is 0.336 e. The van der Waals surface area contributed by atoms with Gasteiger partial charge in [-0.2, -0.15) is 0 Å². The molecule has 190 valence electrons. The van der Waals surface area contributed by atoms with Crippen molar-refractivity contribution >= 4 is 34.3 Å². The van der Waals surface area contributed by atoms with Gasteiger partial charge in [0.15, 0.2) is 0 Å². The third kappa shape index (κ3) is 10.7. The molecular weight excluding hydrogens is 454 g/mol. The van der Waals surface area contributed by atoms with Crippen LogP contribution in [0.15, 0.2) is 18.2 Å². The first-order chi connectivity index (χ1) is 15.6. The zero-order chi connectivity index (χ0) is 24.9. The first-order valence-corrected chi connectivity index (χ1v) is 14.7. The van der Waals surface area contributed by atoms with Crippen molar-refractivity contribution in [1.29, 1.82) is 0 Å². The van der Waals surface area contributed by atoms with E-state index in [1.165, 1.54) is 44.9 Å². The number of hydrogen-bond acceptors (Lipinski definition) is 5. The van der Waals surface area contributed by atoms with Gasteiger partial charge in [-0.3, -0.25) is 4.72 Å². The minimum absolute atomic E-state index is 0.128. The number of nitrogens with one attached hydrogen (secondary N) is 1. The highest BCUT2D eigenvalue weighted by atomic mass is 32.3. The smallest absolute Gasteiger partial charge is 0.336 e. The number of anilines is 1. The summed E-state index contributed by atoms with van der Waals surface area (Å²) in [4.78, 5) is 12.4. The van der Waals surface area contributed by atoms with E-state index in [4.69, 9.17) is 4.74 Å². The number of sulfonamides is 1. The normalized spacial score (nSPS) is 12.8. The first kappa shape index (κ1) is 29.8. The number of esters is 1. The standard InChI is InChI=1S/C26H45NO4S2/c1-6-7-8-9-10-11-12-13-14-15-19-31-25(28)26(32)33(29,30)27-24-22(20(2)3)17-16-18-23(24)21(4)5/h16-18,20-21,26-27,32H,6-15,19H2,1-5H3. The van der Waals surface area contributed by atoms with Crippen molar-refractivity contribution < 1.29 is 17.9 Å². The van der Waals surface area contributed by atoms with Crippen molar-refractivity contribution in [1.82, 2.24) is 0 Å². The lowest BCUT2D eigenvalue weighted by Crippen LogP contribution is -2.33. The van der Waals surface area contributed by atoms with Crippen LogP contribution in [-0.2, 0) is 19.6 Å². The lowest BCUT2D eigenvalue weighted by molar-refractivity contribution is -0.141. The maximum absolute atomic E-state index is 12.9.